The largest absolute Gasteiger partial charge is 0.454 e. The number of carbonyl (C=O) groups is 1. The highest BCUT2D eigenvalue weighted by Crippen LogP contribution is 2.32. The lowest BCUT2D eigenvalue weighted by Crippen LogP contribution is -2.34. The fourth-order valence-electron chi connectivity index (χ4n) is 1.59. The molecule has 0 aliphatic carbocycles. The van der Waals surface area contributed by atoms with Gasteiger partial charge in [-0.25, -0.2) is 0 Å². The Labute approximate surface area is 110 Å². The quantitative estimate of drug-likeness (QED) is 0.318. The summed E-state index contributed by atoms with van der Waals surface area (Å²) in [4.78, 5) is 11.9. The SMILES string of the molecule is CC(CNC(=O)c1ccc2c(c1)OCO2)/C(N)=N/O. The van der Waals surface area contributed by atoms with Crippen molar-refractivity contribution in [2.24, 2.45) is 16.8 Å². The third-order valence-electron chi connectivity index (χ3n) is 2.82. The first kappa shape index (κ1) is 13.0. The van der Waals surface area contributed by atoms with E-state index >= 15 is 0 Å². The number of amides is 1. The Bertz CT molecular complexity index is 516. The number of nitrogens with one attached hydrogen (secondary N) is 1. The van der Waals surface area contributed by atoms with E-state index in [2.05, 4.69) is 10.5 Å². The van der Waals surface area contributed by atoms with Crippen molar-refractivity contribution in [1.29, 1.82) is 0 Å². The molecule has 1 aliphatic rings. The van der Waals surface area contributed by atoms with E-state index in [0.29, 0.717) is 17.1 Å². The number of oxime groups is 1. The van der Waals surface area contributed by atoms with Crippen molar-refractivity contribution in [3.63, 3.8) is 0 Å². The molecule has 19 heavy (non-hydrogen) atoms. The van der Waals surface area contributed by atoms with Crippen molar-refractivity contribution >= 4 is 11.7 Å². The number of rotatable bonds is 4. The zero-order valence-electron chi connectivity index (χ0n) is 10.4. The Kier molecular flexibility index (Phi) is 3.74. The maximum absolute atomic E-state index is 11.9. The highest BCUT2D eigenvalue weighted by atomic mass is 16.7. The molecule has 0 fully saturated rings. The van der Waals surface area contributed by atoms with E-state index in [9.17, 15) is 4.79 Å². The van der Waals surface area contributed by atoms with Crippen LogP contribution >= 0.6 is 0 Å². The van der Waals surface area contributed by atoms with Crippen LogP contribution in [0.4, 0.5) is 0 Å². The van der Waals surface area contributed by atoms with Crippen LogP contribution in [0.5, 0.6) is 11.5 Å². The van der Waals surface area contributed by atoms with Crippen LogP contribution in [-0.2, 0) is 0 Å². The summed E-state index contributed by atoms with van der Waals surface area (Å²) in [5.74, 6) is 0.753. The molecule has 7 heteroatoms. The first-order valence-electron chi connectivity index (χ1n) is 5.77. The van der Waals surface area contributed by atoms with Gasteiger partial charge >= 0.3 is 0 Å². The fraction of sp³-hybridized carbons (Fsp3) is 0.333. The van der Waals surface area contributed by atoms with E-state index in [1.54, 1.807) is 25.1 Å². The summed E-state index contributed by atoms with van der Waals surface area (Å²) in [6.07, 6.45) is 0. The molecule has 0 bridgehead atoms. The predicted octanol–water partition coefficient (Wildman–Crippen LogP) is 0.528. The van der Waals surface area contributed by atoms with Crippen molar-refractivity contribution in [1.82, 2.24) is 5.32 Å². The molecule has 0 aromatic heterocycles. The van der Waals surface area contributed by atoms with Gasteiger partial charge in [0.25, 0.3) is 5.91 Å². The number of nitrogens with two attached hydrogens (primary N) is 1. The Hall–Kier alpha value is -2.44. The van der Waals surface area contributed by atoms with Gasteiger partial charge in [0.15, 0.2) is 11.5 Å². The minimum Gasteiger partial charge on any atom is -0.454 e. The van der Waals surface area contributed by atoms with Crippen LogP contribution < -0.4 is 20.5 Å². The Balaban J connectivity index is 1.97. The van der Waals surface area contributed by atoms with E-state index in [1.807, 2.05) is 0 Å². The molecule has 1 aromatic rings. The summed E-state index contributed by atoms with van der Waals surface area (Å²) in [5, 5.41) is 14.1. The molecule has 1 atom stereocenters. The summed E-state index contributed by atoms with van der Waals surface area (Å²) in [7, 11) is 0. The second-order valence-electron chi connectivity index (χ2n) is 4.20. The van der Waals surface area contributed by atoms with E-state index in [0.717, 1.165) is 0 Å². The minimum absolute atomic E-state index is 0.0750. The monoisotopic (exact) mass is 265 g/mol. The third-order valence-corrected chi connectivity index (χ3v) is 2.82. The zero-order chi connectivity index (χ0) is 13.8. The van der Waals surface area contributed by atoms with Crippen molar-refractivity contribution < 1.29 is 19.5 Å². The van der Waals surface area contributed by atoms with Gasteiger partial charge < -0.3 is 25.7 Å². The first-order valence-corrected chi connectivity index (χ1v) is 5.77. The first-order chi connectivity index (χ1) is 9.11. The number of hydrogen-bond acceptors (Lipinski definition) is 5. The molecular weight excluding hydrogens is 250 g/mol. The number of amidine groups is 1. The van der Waals surface area contributed by atoms with Gasteiger partial charge in [-0.3, -0.25) is 4.79 Å². The smallest absolute Gasteiger partial charge is 0.251 e. The van der Waals surface area contributed by atoms with E-state index in [4.69, 9.17) is 20.4 Å². The molecule has 1 unspecified atom stereocenters. The lowest BCUT2D eigenvalue weighted by Gasteiger charge is -2.11. The van der Waals surface area contributed by atoms with Gasteiger partial charge in [-0.1, -0.05) is 12.1 Å². The highest BCUT2D eigenvalue weighted by molar-refractivity contribution is 5.95. The number of nitrogens with zero attached hydrogens (tertiary/aromatic N) is 1. The Morgan fingerprint density at radius 3 is 3.00 bits per heavy atom. The lowest BCUT2D eigenvalue weighted by molar-refractivity contribution is 0.0950. The van der Waals surface area contributed by atoms with Gasteiger partial charge in [0.2, 0.25) is 6.79 Å². The molecule has 2 rings (SSSR count). The van der Waals surface area contributed by atoms with Crippen LogP contribution in [0.2, 0.25) is 0 Å². The van der Waals surface area contributed by atoms with Crippen molar-refractivity contribution in [2.45, 2.75) is 6.92 Å². The van der Waals surface area contributed by atoms with Crippen molar-refractivity contribution in [3.05, 3.63) is 23.8 Å². The number of fused-ring (bicyclic) bond motifs is 1. The second-order valence-corrected chi connectivity index (χ2v) is 4.20. The van der Waals surface area contributed by atoms with E-state index in [1.165, 1.54) is 0 Å². The molecule has 1 amide bonds. The minimum atomic E-state index is -0.254. The van der Waals surface area contributed by atoms with Crippen LogP contribution in [0.25, 0.3) is 0 Å². The molecule has 1 heterocycles. The number of ether oxygens (including phenoxy) is 2. The van der Waals surface area contributed by atoms with Crippen LogP contribution in [0.3, 0.4) is 0 Å². The molecule has 7 nitrogen and oxygen atoms in total. The summed E-state index contributed by atoms with van der Waals surface area (Å²) in [6, 6.07) is 4.95. The maximum atomic E-state index is 11.9. The summed E-state index contributed by atoms with van der Waals surface area (Å²) in [6.45, 7) is 2.19. The molecule has 0 saturated carbocycles. The maximum Gasteiger partial charge on any atom is 0.251 e. The number of benzene rings is 1. The Morgan fingerprint density at radius 1 is 1.53 bits per heavy atom. The number of hydrogen-bond donors (Lipinski definition) is 3. The van der Waals surface area contributed by atoms with E-state index < -0.39 is 0 Å². The average molecular weight is 265 g/mol. The second kappa shape index (κ2) is 5.47. The average Bonchev–Trinajstić information content (AvgIpc) is 2.90. The molecule has 102 valence electrons. The third kappa shape index (κ3) is 2.87. The van der Waals surface area contributed by atoms with Crippen LogP contribution in [-0.4, -0.2) is 30.3 Å². The van der Waals surface area contributed by atoms with E-state index in [-0.39, 0.29) is 31.0 Å². The summed E-state index contributed by atoms with van der Waals surface area (Å²) in [5.41, 5.74) is 5.90. The molecule has 1 aromatic carbocycles. The fourth-order valence-corrected chi connectivity index (χ4v) is 1.59. The van der Waals surface area contributed by atoms with Crippen molar-refractivity contribution in [3.8, 4) is 11.5 Å². The Morgan fingerprint density at radius 2 is 2.26 bits per heavy atom. The van der Waals surface area contributed by atoms with Gasteiger partial charge in [0.1, 0.15) is 5.84 Å². The van der Waals surface area contributed by atoms with Crippen molar-refractivity contribution in [2.75, 3.05) is 13.3 Å². The zero-order valence-corrected chi connectivity index (χ0v) is 10.4. The number of carbonyl (C=O) groups excluding carboxylic acids is 1. The molecule has 0 spiro atoms. The molecule has 0 saturated heterocycles. The summed E-state index contributed by atoms with van der Waals surface area (Å²) < 4.78 is 10.4. The molecule has 0 radical (unpaired) electrons. The topological polar surface area (TPSA) is 106 Å². The lowest BCUT2D eigenvalue weighted by atomic mass is 10.1. The van der Waals surface area contributed by atoms with Crippen LogP contribution in [0, 0.1) is 5.92 Å². The highest BCUT2D eigenvalue weighted by Gasteiger charge is 2.17. The molecular formula is C12H15N3O4. The molecule has 4 N–H and O–H groups in total. The summed E-state index contributed by atoms with van der Waals surface area (Å²) >= 11 is 0. The van der Waals surface area contributed by atoms with Crippen LogP contribution in [0.15, 0.2) is 23.4 Å². The van der Waals surface area contributed by atoms with Gasteiger partial charge in [-0.05, 0) is 18.2 Å². The standard InChI is InChI=1S/C12H15N3O4/c1-7(11(13)15-17)5-14-12(16)8-2-3-9-10(4-8)19-6-18-9/h2-4,7,17H,5-6H2,1H3,(H2,13,15)(H,14,16). The normalized spacial score (nSPS) is 15.1. The van der Waals surface area contributed by atoms with Gasteiger partial charge in [0, 0.05) is 18.0 Å². The van der Waals surface area contributed by atoms with Crippen LogP contribution in [0.1, 0.15) is 17.3 Å². The van der Waals surface area contributed by atoms with Gasteiger partial charge in [-0.15, -0.1) is 0 Å². The van der Waals surface area contributed by atoms with Gasteiger partial charge in [-0.2, -0.15) is 0 Å². The molecule has 1 aliphatic heterocycles. The predicted molar refractivity (Wildman–Crippen MR) is 67.5 cm³/mol. The van der Waals surface area contributed by atoms with Gasteiger partial charge in [0.05, 0.1) is 0 Å².